The van der Waals surface area contributed by atoms with Crippen LogP contribution < -0.4 is 0 Å². The Balaban J connectivity index is 1.33. The highest BCUT2D eigenvalue weighted by Crippen LogP contribution is 2.31. The Bertz CT molecular complexity index is 806. The molecule has 0 bridgehead atoms. The van der Waals surface area contributed by atoms with Crippen molar-refractivity contribution in [3.63, 3.8) is 0 Å². The molecule has 1 spiro atoms. The Labute approximate surface area is 165 Å². The van der Waals surface area contributed by atoms with Gasteiger partial charge in [-0.2, -0.15) is 0 Å². The van der Waals surface area contributed by atoms with Crippen LogP contribution in [0.4, 0.5) is 4.39 Å². The van der Waals surface area contributed by atoms with Gasteiger partial charge in [0.05, 0.1) is 24.3 Å². The van der Waals surface area contributed by atoms with Crippen LogP contribution >= 0.6 is 0 Å². The van der Waals surface area contributed by atoms with E-state index in [0.29, 0.717) is 19.7 Å². The molecule has 6 heteroatoms. The number of ether oxygens (including phenoxy) is 1. The third kappa shape index (κ3) is 4.56. The number of benzene rings is 1. The van der Waals surface area contributed by atoms with Crippen molar-refractivity contribution < 1.29 is 13.9 Å². The van der Waals surface area contributed by atoms with Gasteiger partial charge in [-0.25, -0.2) is 4.39 Å². The van der Waals surface area contributed by atoms with Gasteiger partial charge in [-0.1, -0.05) is 18.2 Å². The van der Waals surface area contributed by atoms with Crippen LogP contribution in [0.3, 0.4) is 0 Å². The summed E-state index contributed by atoms with van der Waals surface area (Å²) in [5.41, 5.74) is 1.54. The minimum absolute atomic E-state index is 0.0455. The molecule has 2 saturated heterocycles. The van der Waals surface area contributed by atoms with Crippen LogP contribution in [0, 0.1) is 5.82 Å². The van der Waals surface area contributed by atoms with Gasteiger partial charge in [0.15, 0.2) is 0 Å². The topological polar surface area (TPSA) is 45.7 Å². The van der Waals surface area contributed by atoms with Gasteiger partial charge in [0, 0.05) is 38.9 Å². The lowest BCUT2D eigenvalue weighted by Gasteiger charge is -2.47. The number of amides is 1. The monoisotopic (exact) mass is 383 g/mol. The number of rotatable bonds is 4. The van der Waals surface area contributed by atoms with Crippen molar-refractivity contribution >= 4 is 5.91 Å². The number of piperidine rings is 1. The van der Waals surface area contributed by atoms with E-state index < -0.39 is 0 Å². The minimum atomic E-state index is -0.302. The number of carbonyl (C=O) groups is 1. The van der Waals surface area contributed by atoms with Crippen molar-refractivity contribution in [3.05, 3.63) is 65.7 Å². The number of aromatic nitrogens is 1. The fourth-order valence-electron chi connectivity index (χ4n) is 4.13. The molecule has 1 amide bonds. The second-order valence-electron chi connectivity index (χ2n) is 7.75. The molecule has 3 heterocycles. The first-order chi connectivity index (χ1) is 13.6. The molecule has 0 saturated carbocycles. The fourth-order valence-corrected chi connectivity index (χ4v) is 4.13. The number of nitrogens with zero attached hydrogens (tertiary/aromatic N) is 3. The Morgan fingerprint density at radius 2 is 2.00 bits per heavy atom. The van der Waals surface area contributed by atoms with Gasteiger partial charge in [0.25, 0.3) is 0 Å². The molecule has 0 aliphatic carbocycles. The van der Waals surface area contributed by atoms with Gasteiger partial charge >= 0.3 is 0 Å². The summed E-state index contributed by atoms with van der Waals surface area (Å²) in [6, 6.07) is 12.3. The van der Waals surface area contributed by atoms with Crippen LogP contribution in [0.15, 0.2) is 48.7 Å². The normalized spacial score (nSPS) is 19.7. The SMILES string of the molecule is O=C(Cc1cccc(F)c1)N1CCOC2(CCN(Cc3ccccn3)CC2)C1. The average Bonchev–Trinajstić information content (AvgIpc) is 2.71. The molecule has 4 rings (SSSR count). The lowest BCUT2D eigenvalue weighted by molar-refractivity contribution is -0.159. The average molecular weight is 383 g/mol. The molecule has 5 nitrogen and oxygen atoms in total. The van der Waals surface area contributed by atoms with Gasteiger partial charge in [0.1, 0.15) is 5.82 Å². The van der Waals surface area contributed by atoms with Crippen molar-refractivity contribution in [2.24, 2.45) is 0 Å². The number of hydrogen-bond donors (Lipinski definition) is 0. The highest BCUT2D eigenvalue weighted by atomic mass is 19.1. The van der Waals surface area contributed by atoms with Crippen LogP contribution in [0.2, 0.25) is 0 Å². The zero-order chi connectivity index (χ0) is 19.4. The lowest BCUT2D eigenvalue weighted by atomic mass is 9.89. The highest BCUT2D eigenvalue weighted by Gasteiger charge is 2.40. The largest absolute Gasteiger partial charge is 0.371 e. The summed E-state index contributed by atoms with van der Waals surface area (Å²) in [5, 5.41) is 0. The number of morpholine rings is 1. The molecule has 2 fully saturated rings. The number of likely N-dealkylation sites (tertiary alicyclic amines) is 1. The highest BCUT2D eigenvalue weighted by molar-refractivity contribution is 5.79. The van der Waals surface area contributed by atoms with Crippen LogP contribution in [-0.4, -0.2) is 59.1 Å². The van der Waals surface area contributed by atoms with Crippen molar-refractivity contribution in [2.75, 3.05) is 32.8 Å². The zero-order valence-corrected chi connectivity index (χ0v) is 16.0. The van der Waals surface area contributed by atoms with Crippen LogP contribution in [0.5, 0.6) is 0 Å². The van der Waals surface area contributed by atoms with Crippen molar-refractivity contribution in [3.8, 4) is 0 Å². The zero-order valence-electron chi connectivity index (χ0n) is 16.0. The summed E-state index contributed by atoms with van der Waals surface area (Å²) in [6.07, 6.45) is 3.87. The van der Waals surface area contributed by atoms with E-state index in [0.717, 1.165) is 43.7 Å². The van der Waals surface area contributed by atoms with E-state index in [4.69, 9.17) is 4.74 Å². The molecule has 1 aromatic carbocycles. The first kappa shape index (κ1) is 19.0. The molecule has 2 aliphatic rings. The van der Waals surface area contributed by atoms with E-state index in [1.54, 1.807) is 12.1 Å². The second kappa shape index (κ2) is 8.37. The van der Waals surface area contributed by atoms with Gasteiger partial charge in [-0.05, 0) is 42.7 Å². The van der Waals surface area contributed by atoms with Crippen LogP contribution in [0.25, 0.3) is 0 Å². The van der Waals surface area contributed by atoms with Gasteiger partial charge in [-0.15, -0.1) is 0 Å². The Morgan fingerprint density at radius 3 is 2.75 bits per heavy atom. The summed E-state index contributed by atoms with van der Waals surface area (Å²) in [5.74, 6) is -0.256. The molecule has 148 valence electrons. The molecule has 0 atom stereocenters. The molecule has 0 unspecified atom stereocenters. The molecule has 0 N–H and O–H groups in total. The second-order valence-corrected chi connectivity index (χ2v) is 7.75. The maximum Gasteiger partial charge on any atom is 0.227 e. The first-order valence-corrected chi connectivity index (χ1v) is 9.90. The standard InChI is InChI=1S/C22H26FN3O2/c23-19-5-3-4-18(14-19)15-21(27)26-12-13-28-22(17-26)7-10-25(11-8-22)16-20-6-1-2-9-24-20/h1-6,9,14H,7-8,10-13,15-17H2. The maximum absolute atomic E-state index is 13.4. The Morgan fingerprint density at radius 1 is 1.14 bits per heavy atom. The van der Waals surface area contributed by atoms with E-state index in [9.17, 15) is 9.18 Å². The predicted octanol–water partition coefficient (Wildman–Crippen LogP) is 2.66. The third-order valence-electron chi connectivity index (χ3n) is 5.72. The molecule has 0 radical (unpaired) electrons. The number of carbonyl (C=O) groups excluding carboxylic acids is 1. The molecule has 1 aromatic heterocycles. The van der Waals surface area contributed by atoms with Crippen molar-refractivity contribution in [2.45, 2.75) is 31.4 Å². The summed E-state index contributed by atoms with van der Waals surface area (Å²) in [7, 11) is 0. The van der Waals surface area contributed by atoms with E-state index >= 15 is 0 Å². The van der Waals surface area contributed by atoms with Crippen molar-refractivity contribution in [1.82, 2.24) is 14.8 Å². The molecule has 28 heavy (non-hydrogen) atoms. The number of halogens is 1. The number of hydrogen-bond acceptors (Lipinski definition) is 4. The molecular weight excluding hydrogens is 357 g/mol. The fraction of sp³-hybridized carbons (Fsp3) is 0.455. The number of pyridine rings is 1. The summed E-state index contributed by atoms with van der Waals surface area (Å²) < 4.78 is 19.5. The van der Waals surface area contributed by atoms with Crippen molar-refractivity contribution in [1.29, 1.82) is 0 Å². The smallest absolute Gasteiger partial charge is 0.227 e. The molecule has 2 aliphatic heterocycles. The first-order valence-electron chi connectivity index (χ1n) is 9.90. The summed E-state index contributed by atoms with van der Waals surface area (Å²) in [4.78, 5) is 21.4. The third-order valence-corrected chi connectivity index (χ3v) is 5.72. The van der Waals surface area contributed by atoms with E-state index in [-0.39, 0.29) is 23.7 Å². The predicted molar refractivity (Wildman–Crippen MR) is 104 cm³/mol. The van der Waals surface area contributed by atoms with E-state index in [1.165, 1.54) is 12.1 Å². The van der Waals surface area contributed by atoms with Gasteiger partial charge in [0.2, 0.25) is 5.91 Å². The minimum Gasteiger partial charge on any atom is -0.371 e. The lowest BCUT2D eigenvalue weighted by Crippen LogP contribution is -2.58. The van der Waals surface area contributed by atoms with Gasteiger partial charge < -0.3 is 9.64 Å². The maximum atomic E-state index is 13.4. The molecule has 2 aromatic rings. The van der Waals surface area contributed by atoms with Crippen LogP contribution in [-0.2, 0) is 22.5 Å². The Kier molecular flexibility index (Phi) is 5.69. The van der Waals surface area contributed by atoms with Crippen LogP contribution in [0.1, 0.15) is 24.1 Å². The molecular formula is C22H26FN3O2. The van der Waals surface area contributed by atoms with E-state index in [1.807, 2.05) is 29.3 Å². The Hall–Kier alpha value is -2.31. The summed E-state index contributed by atoms with van der Waals surface area (Å²) >= 11 is 0. The van der Waals surface area contributed by atoms with E-state index in [2.05, 4.69) is 9.88 Å². The summed E-state index contributed by atoms with van der Waals surface area (Å²) in [6.45, 7) is 4.51. The van der Waals surface area contributed by atoms with Gasteiger partial charge in [-0.3, -0.25) is 14.7 Å². The quantitative estimate of drug-likeness (QED) is 0.814.